The van der Waals surface area contributed by atoms with E-state index in [2.05, 4.69) is 73.5 Å². The van der Waals surface area contributed by atoms with Crippen LogP contribution in [0.2, 0.25) is 0 Å². The van der Waals surface area contributed by atoms with Gasteiger partial charge in [-0.05, 0) is 42.2 Å². The molecular weight excluding hydrogens is 240 g/mol. The van der Waals surface area contributed by atoms with E-state index < -0.39 is 0 Å². The summed E-state index contributed by atoms with van der Waals surface area (Å²) in [5.41, 5.74) is 4.87. The fourth-order valence-electron chi connectivity index (χ4n) is 1.91. The van der Waals surface area contributed by atoms with Gasteiger partial charge in [0.2, 0.25) is 0 Å². The molecular formula is C20H20. The Morgan fingerprint density at radius 3 is 2.20 bits per heavy atom. The molecule has 2 aromatic rings. The fourth-order valence-corrected chi connectivity index (χ4v) is 1.91. The van der Waals surface area contributed by atoms with Crippen LogP contribution in [0.25, 0.3) is 16.7 Å². The highest BCUT2D eigenvalue weighted by Gasteiger charge is 2.00. The highest BCUT2D eigenvalue weighted by Crippen LogP contribution is 2.23. The molecule has 0 aliphatic heterocycles. The molecule has 0 spiro atoms. The molecule has 2 aromatic carbocycles. The van der Waals surface area contributed by atoms with Gasteiger partial charge < -0.3 is 0 Å². The summed E-state index contributed by atoms with van der Waals surface area (Å²) in [4.78, 5) is 0. The summed E-state index contributed by atoms with van der Waals surface area (Å²) < 4.78 is 0. The Bertz CT molecular complexity index is 610. The topological polar surface area (TPSA) is 0 Å². The Morgan fingerprint density at radius 1 is 1.05 bits per heavy atom. The molecule has 0 aliphatic rings. The van der Waals surface area contributed by atoms with Crippen molar-refractivity contribution in [1.29, 1.82) is 0 Å². The second-order valence-corrected chi connectivity index (χ2v) is 4.18. The van der Waals surface area contributed by atoms with Crippen LogP contribution in [-0.4, -0.2) is 0 Å². The predicted octanol–water partition coefficient (Wildman–Crippen LogP) is 5.58. The van der Waals surface area contributed by atoms with E-state index in [4.69, 9.17) is 0 Å². The van der Waals surface area contributed by atoms with Gasteiger partial charge in [-0.1, -0.05) is 67.3 Å². The van der Waals surface area contributed by atoms with E-state index in [0.29, 0.717) is 0 Å². The average Bonchev–Trinajstić information content (AvgIpc) is 2.51. The van der Waals surface area contributed by atoms with Gasteiger partial charge >= 0.3 is 0 Å². The molecule has 0 amide bonds. The zero-order valence-electron chi connectivity index (χ0n) is 12.1. The van der Waals surface area contributed by atoms with Gasteiger partial charge in [0.1, 0.15) is 0 Å². The molecule has 0 heteroatoms. The van der Waals surface area contributed by atoms with Gasteiger partial charge in [-0.2, -0.15) is 0 Å². The Kier molecular flexibility index (Phi) is 6.65. The van der Waals surface area contributed by atoms with Crippen LogP contribution in [0.4, 0.5) is 0 Å². The van der Waals surface area contributed by atoms with Gasteiger partial charge in [0.05, 0.1) is 0 Å². The van der Waals surface area contributed by atoms with Crippen molar-refractivity contribution in [3.63, 3.8) is 0 Å². The number of hydrogen-bond acceptors (Lipinski definition) is 0. The van der Waals surface area contributed by atoms with E-state index in [1.807, 2.05) is 19.1 Å². The molecule has 0 atom stereocenters. The molecule has 0 unspecified atom stereocenters. The van der Waals surface area contributed by atoms with Crippen LogP contribution >= 0.6 is 0 Å². The third-order valence-electron chi connectivity index (χ3n) is 2.83. The second-order valence-electron chi connectivity index (χ2n) is 4.18. The number of terminal acetylenes is 1. The van der Waals surface area contributed by atoms with E-state index >= 15 is 0 Å². The summed E-state index contributed by atoms with van der Waals surface area (Å²) in [7, 11) is 0. The Labute approximate surface area is 122 Å². The first kappa shape index (κ1) is 15.5. The lowest BCUT2D eigenvalue weighted by atomic mass is 9.99. The molecule has 0 radical (unpaired) electrons. The van der Waals surface area contributed by atoms with Crippen molar-refractivity contribution >= 4 is 5.57 Å². The van der Waals surface area contributed by atoms with E-state index in [1.54, 1.807) is 6.92 Å². The summed E-state index contributed by atoms with van der Waals surface area (Å²) >= 11 is 0. The molecule has 0 N–H and O–H groups in total. The third-order valence-corrected chi connectivity index (χ3v) is 2.83. The van der Waals surface area contributed by atoms with E-state index in [-0.39, 0.29) is 0 Å². The summed E-state index contributed by atoms with van der Waals surface area (Å²) in [5.74, 6) is 2.25. The maximum atomic E-state index is 4.60. The minimum absolute atomic E-state index is 1.17. The fraction of sp³-hybridized carbons (Fsp3) is 0.100. The zero-order valence-corrected chi connectivity index (χ0v) is 12.1. The van der Waals surface area contributed by atoms with Gasteiger partial charge in [-0.25, -0.2) is 0 Å². The molecule has 2 rings (SSSR count). The number of benzene rings is 2. The largest absolute Gasteiger partial charge is 0.120 e. The van der Waals surface area contributed by atoms with Gasteiger partial charge in [0, 0.05) is 0 Å². The molecule has 20 heavy (non-hydrogen) atoms. The molecule has 0 bridgehead atoms. The lowest BCUT2D eigenvalue weighted by molar-refractivity contribution is 1.57. The summed E-state index contributed by atoms with van der Waals surface area (Å²) in [6, 6.07) is 19.0. The number of hydrogen-bond donors (Lipinski definition) is 0. The molecule has 0 aromatic heterocycles. The lowest BCUT2D eigenvalue weighted by Gasteiger charge is -2.06. The molecule has 0 heterocycles. The van der Waals surface area contributed by atoms with Crippen LogP contribution in [0.15, 0.2) is 73.3 Å². The van der Waals surface area contributed by atoms with Gasteiger partial charge in [0.25, 0.3) is 0 Å². The molecule has 0 saturated heterocycles. The van der Waals surface area contributed by atoms with E-state index in [0.717, 1.165) is 0 Å². The molecule has 0 aliphatic carbocycles. The quantitative estimate of drug-likeness (QED) is 0.499. The first-order chi connectivity index (χ1) is 9.76. The lowest BCUT2D eigenvalue weighted by Crippen LogP contribution is -1.83. The Morgan fingerprint density at radius 2 is 1.65 bits per heavy atom. The van der Waals surface area contributed by atoms with Crippen molar-refractivity contribution < 1.29 is 0 Å². The van der Waals surface area contributed by atoms with Crippen LogP contribution in [-0.2, 0) is 0 Å². The maximum absolute atomic E-state index is 4.60. The molecule has 100 valence electrons. The van der Waals surface area contributed by atoms with Crippen LogP contribution in [0.1, 0.15) is 19.4 Å². The minimum Gasteiger partial charge on any atom is -0.120 e. The monoisotopic (exact) mass is 260 g/mol. The normalized spacial score (nSPS) is 9.95. The number of allylic oxidation sites excluding steroid dienone is 3. The first-order valence-corrected chi connectivity index (χ1v) is 6.58. The highest BCUT2D eigenvalue weighted by molar-refractivity contribution is 5.77. The molecule has 0 nitrogen and oxygen atoms in total. The molecule has 0 saturated carbocycles. The van der Waals surface area contributed by atoms with E-state index in [9.17, 15) is 0 Å². The van der Waals surface area contributed by atoms with Crippen molar-refractivity contribution in [2.45, 2.75) is 13.8 Å². The second kappa shape index (κ2) is 8.56. The van der Waals surface area contributed by atoms with Crippen molar-refractivity contribution in [2.24, 2.45) is 0 Å². The highest BCUT2D eigenvalue weighted by atomic mass is 14.0. The predicted molar refractivity (Wildman–Crippen MR) is 90.2 cm³/mol. The Hall–Kier alpha value is -2.52. The van der Waals surface area contributed by atoms with Gasteiger partial charge in [0.15, 0.2) is 0 Å². The zero-order chi connectivity index (χ0) is 14.8. The van der Waals surface area contributed by atoms with E-state index in [1.165, 1.54) is 22.3 Å². The van der Waals surface area contributed by atoms with Crippen molar-refractivity contribution in [3.8, 4) is 23.5 Å². The minimum atomic E-state index is 1.17. The summed E-state index contributed by atoms with van der Waals surface area (Å²) in [6.45, 7) is 7.53. The standard InChI is InChI=1S/C17H16.C3H4/c1-3-14(4-2)16-11-8-12-17(13-16)15-9-6-5-7-10-15;1-3-2/h3-13H,1H2,2H3;1H,2H3/b14-4+;. The summed E-state index contributed by atoms with van der Waals surface area (Å²) in [5, 5.41) is 0. The van der Waals surface area contributed by atoms with Crippen molar-refractivity contribution in [3.05, 3.63) is 78.9 Å². The van der Waals surface area contributed by atoms with Gasteiger partial charge in [-0.3, -0.25) is 0 Å². The molecule has 0 fully saturated rings. The van der Waals surface area contributed by atoms with Crippen LogP contribution in [0, 0.1) is 12.3 Å². The van der Waals surface area contributed by atoms with Gasteiger partial charge in [-0.15, -0.1) is 12.3 Å². The SMILES string of the molecule is C#CC.C=C/C(=C\C)c1cccc(-c2ccccc2)c1. The number of rotatable bonds is 3. The Balaban J connectivity index is 0.000000612. The first-order valence-electron chi connectivity index (χ1n) is 6.58. The van der Waals surface area contributed by atoms with Crippen LogP contribution < -0.4 is 0 Å². The smallest absolute Gasteiger partial charge is 0.00297 e. The summed E-state index contributed by atoms with van der Waals surface area (Å²) in [6.07, 6.45) is 8.57. The van der Waals surface area contributed by atoms with Crippen LogP contribution in [0.3, 0.4) is 0 Å². The van der Waals surface area contributed by atoms with Crippen molar-refractivity contribution in [1.82, 2.24) is 0 Å². The van der Waals surface area contributed by atoms with Crippen molar-refractivity contribution in [2.75, 3.05) is 0 Å². The average molecular weight is 260 g/mol. The third kappa shape index (κ3) is 4.30. The maximum Gasteiger partial charge on any atom is -0.00297 e. The van der Waals surface area contributed by atoms with Crippen LogP contribution in [0.5, 0.6) is 0 Å².